The molecule has 5 nitrogen and oxygen atoms in total. The molecule has 0 unspecified atom stereocenters. The van der Waals surface area contributed by atoms with E-state index in [0.29, 0.717) is 29.8 Å². The second-order valence-corrected chi connectivity index (χ2v) is 4.62. The van der Waals surface area contributed by atoms with Crippen molar-refractivity contribution < 1.29 is 13.9 Å². The van der Waals surface area contributed by atoms with Gasteiger partial charge in [0.15, 0.2) is 5.76 Å². The van der Waals surface area contributed by atoms with Gasteiger partial charge in [-0.1, -0.05) is 11.6 Å². The first-order chi connectivity index (χ1) is 9.24. The molecule has 0 radical (unpaired) electrons. The molecule has 6 heteroatoms. The maximum Gasteiger partial charge on any atom is 0.289 e. The Labute approximate surface area is 114 Å². The Morgan fingerprint density at radius 2 is 2.26 bits per heavy atom. The van der Waals surface area contributed by atoms with Crippen LogP contribution in [0.2, 0.25) is 5.02 Å². The Bertz CT molecular complexity index is 579. The van der Waals surface area contributed by atoms with E-state index in [9.17, 15) is 4.79 Å². The second-order valence-electron chi connectivity index (χ2n) is 4.22. The van der Waals surface area contributed by atoms with Gasteiger partial charge in [0.05, 0.1) is 19.4 Å². The maximum atomic E-state index is 11.9. The molecular weight excluding hydrogens is 268 g/mol. The average Bonchev–Trinajstić information content (AvgIpc) is 2.88. The molecule has 0 aliphatic carbocycles. The molecule has 3 rings (SSSR count). The van der Waals surface area contributed by atoms with Gasteiger partial charge in [-0.15, -0.1) is 0 Å². The molecule has 2 aromatic heterocycles. The molecule has 0 bridgehead atoms. The van der Waals surface area contributed by atoms with Gasteiger partial charge in [-0.2, -0.15) is 0 Å². The number of nitrogens with zero attached hydrogens (tertiary/aromatic N) is 2. The van der Waals surface area contributed by atoms with E-state index >= 15 is 0 Å². The molecule has 0 aromatic carbocycles. The Balaban J connectivity index is 1.56. The molecule has 1 fully saturated rings. The van der Waals surface area contributed by atoms with Gasteiger partial charge in [-0.05, 0) is 24.3 Å². The number of furan rings is 1. The van der Waals surface area contributed by atoms with Gasteiger partial charge in [0, 0.05) is 6.20 Å². The lowest BCUT2D eigenvalue weighted by Crippen LogP contribution is -2.56. The molecule has 2 aromatic rings. The van der Waals surface area contributed by atoms with Crippen LogP contribution in [-0.4, -0.2) is 35.0 Å². The fourth-order valence-corrected chi connectivity index (χ4v) is 2.02. The Morgan fingerprint density at radius 1 is 1.42 bits per heavy atom. The van der Waals surface area contributed by atoms with Gasteiger partial charge in [0.1, 0.15) is 11.1 Å². The van der Waals surface area contributed by atoms with Gasteiger partial charge in [0.2, 0.25) is 5.88 Å². The van der Waals surface area contributed by atoms with Crippen LogP contribution in [0.1, 0.15) is 10.6 Å². The summed E-state index contributed by atoms with van der Waals surface area (Å²) in [5.41, 5.74) is 0. The highest BCUT2D eigenvalue weighted by Gasteiger charge is 2.34. The predicted octanol–water partition coefficient (Wildman–Crippen LogP) is 2.23. The Morgan fingerprint density at radius 3 is 2.95 bits per heavy atom. The Kier molecular flexibility index (Phi) is 3.13. The van der Waals surface area contributed by atoms with Gasteiger partial charge in [-0.25, -0.2) is 4.98 Å². The number of hydrogen-bond acceptors (Lipinski definition) is 4. The summed E-state index contributed by atoms with van der Waals surface area (Å²) >= 11 is 5.95. The predicted molar refractivity (Wildman–Crippen MR) is 68.3 cm³/mol. The third-order valence-corrected chi connectivity index (χ3v) is 3.16. The number of ether oxygens (including phenoxy) is 1. The molecule has 1 aliphatic heterocycles. The number of halogens is 1. The van der Waals surface area contributed by atoms with Gasteiger partial charge < -0.3 is 14.1 Å². The summed E-state index contributed by atoms with van der Waals surface area (Å²) in [4.78, 5) is 17.6. The van der Waals surface area contributed by atoms with Gasteiger partial charge in [0.25, 0.3) is 5.91 Å². The van der Waals surface area contributed by atoms with E-state index in [1.54, 1.807) is 35.4 Å². The summed E-state index contributed by atoms with van der Waals surface area (Å²) < 4.78 is 10.7. The molecule has 0 spiro atoms. The molecule has 1 saturated heterocycles. The first-order valence-electron chi connectivity index (χ1n) is 5.84. The summed E-state index contributed by atoms with van der Waals surface area (Å²) in [6.07, 6.45) is 3.02. The van der Waals surface area contributed by atoms with Crippen LogP contribution in [0.5, 0.6) is 5.88 Å². The van der Waals surface area contributed by atoms with Crippen LogP contribution in [0.4, 0.5) is 0 Å². The molecular formula is C13H11ClN2O3. The number of rotatable bonds is 3. The zero-order valence-electron chi connectivity index (χ0n) is 9.95. The second kappa shape index (κ2) is 4.93. The highest BCUT2D eigenvalue weighted by molar-refractivity contribution is 6.31. The van der Waals surface area contributed by atoms with Crippen molar-refractivity contribution in [2.75, 3.05) is 13.1 Å². The number of carbonyl (C=O) groups is 1. The minimum atomic E-state index is -0.128. The first-order valence-corrected chi connectivity index (χ1v) is 6.22. The molecule has 0 N–H and O–H groups in total. The van der Waals surface area contributed by atoms with E-state index in [0.717, 1.165) is 0 Å². The number of carbonyl (C=O) groups excluding carboxylic acids is 1. The number of amides is 1. The van der Waals surface area contributed by atoms with Crippen LogP contribution in [0, 0.1) is 0 Å². The molecule has 1 aliphatic rings. The molecule has 3 heterocycles. The quantitative estimate of drug-likeness (QED) is 0.864. The number of likely N-dealkylation sites (tertiary alicyclic amines) is 1. The maximum absolute atomic E-state index is 11.9. The summed E-state index contributed by atoms with van der Waals surface area (Å²) in [7, 11) is 0. The minimum Gasteiger partial charge on any atom is -0.470 e. The number of pyridine rings is 1. The molecule has 98 valence electrons. The van der Waals surface area contributed by atoms with E-state index in [-0.39, 0.29) is 12.0 Å². The van der Waals surface area contributed by atoms with Gasteiger partial charge >= 0.3 is 0 Å². The molecule has 0 saturated carbocycles. The highest BCUT2D eigenvalue weighted by atomic mass is 35.5. The normalized spacial score (nSPS) is 15.1. The summed E-state index contributed by atoms with van der Waals surface area (Å²) in [5, 5.41) is 0.471. The summed E-state index contributed by atoms with van der Waals surface area (Å²) in [6.45, 7) is 1.01. The van der Waals surface area contributed by atoms with Crippen LogP contribution >= 0.6 is 11.6 Å². The largest absolute Gasteiger partial charge is 0.470 e. The standard InChI is InChI=1S/C13H11ClN2O3/c14-10-3-1-5-15-12(10)19-9-7-16(8-9)13(17)11-4-2-6-18-11/h1-6,9H,7-8H2. The zero-order chi connectivity index (χ0) is 13.2. The van der Waals surface area contributed by atoms with Crippen molar-refractivity contribution in [3.8, 4) is 5.88 Å². The highest BCUT2D eigenvalue weighted by Crippen LogP contribution is 2.24. The molecule has 1 amide bonds. The molecule has 19 heavy (non-hydrogen) atoms. The van der Waals surface area contributed by atoms with Crippen molar-refractivity contribution >= 4 is 17.5 Å². The molecule has 0 atom stereocenters. The lowest BCUT2D eigenvalue weighted by atomic mass is 10.1. The van der Waals surface area contributed by atoms with E-state index in [2.05, 4.69) is 4.98 Å². The monoisotopic (exact) mass is 278 g/mol. The SMILES string of the molecule is O=C(c1ccco1)N1CC(Oc2ncccc2Cl)C1. The van der Waals surface area contributed by atoms with Crippen molar-refractivity contribution in [1.29, 1.82) is 0 Å². The van der Waals surface area contributed by atoms with E-state index in [4.69, 9.17) is 20.8 Å². The van der Waals surface area contributed by atoms with Crippen LogP contribution in [0.15, 0.2) is 41.1 Å². The fourth-order valence-electron chi connectivity index (χ4n) is 1.85. The smallest absolute Gasteiger partial charge is 0.289 e. The van der Waals surface area contributed by atoms with Crippen LogP contribution in [0.25, 0.3) is 0 Å². The lowest BCUT2D eigenvalue weighted by Gasteiger charge is -2.38. The summed E-state index contributed by atoms with van der Waals surface area (Å²) in [6, 6.07) is 6.79. The fraction of sp³-hybridized carbons (Fsp3) is 0.231. The Hall–Kier alpha value is -2.01. The third-order valence-electron chi connectivity index (χ3n) is 2.87. The van der Waals surface area contributed by atoms with Gasteiger partial charge in [-0.3, -0.25) is 4.79 Å². The lowest BCUT2D eigenvalue weighted by molar-refractivity contribution is 0.0138. The average molecular weight is 279 g/mol. The number of aromatic nitrogens is 1. The third kappa shape index (κ3) is 2.42. The van der Waals surface area contributed by atoms with Crippen LogP contribution in [-0.2, 0) is 0 Å². The van der Waals surface area contributed by atoms with E-state index < -0.39 is 0 Å². The minimum absolute atomic E-state index is 0.0775. The topological polar surface area (TPSA) is 55.6 Å². The van der Waals surface area contributed by atoms with Crippen molar-refractivity contribution in [3.63, 3.8) is 0 Å². The van der Waals surface area contributed by atoms with Crippen molar-refractivity contribution in [2.45, 2.75) is 6.10 Å². The zero-order valence-corrected chi connectivity index (χ0v) is 10.7. The van der Waals surface area contributed by atoms with E-state index in [1.165, 1.54) is 6.26 Å². The summed E-state index contributed by atoms with van der Waals surface area (Å²) in [5.74, 6) is 0.616. The van der Waals surface area contributed by atoms with Crippen molar-refractivity contribution in [3.05, 3.63) is 47.5 Å². The van der Waals surface area contributed by atoms with E-state index in [1.807, 2.05) is 0 Å². The van der Waals surface area contributed by atoms with Crippen LogP contribution in [0.3, 0.4) is 0 Å². The van der Waals surface area contributed by atoms with Crippen molar-refractivity contribution in [1.82, 2.24) is 9.88 Å². The number of hydrogen-bond donors (Lipinski definition) is 0. The van der Waals surface area contributed by atoms with Crippen LogP contribution < -0.4 is 4.74 Å². The first kappa shape index (κ1) is 12.0. The van der Waals surface area contributed by atoms with Crippen molar-refractivity contribution in [2.24, 2.45) is 0 Å².